The molecule has 2 atom stereocenters. The van der Waals surface area contributed by atoms with Crippen LogP contribution in [0.3, 0.4) is 0 Å². The zero-order chi connectivity index (χ0) is 15.2. The van der Waals surface area contributed by atoms with Crippen LogP contribution in [0, 0.1) is 0 Å². The predicted molar refractivity (Wildman–Crippen MR) is 73.4 cm³/mol. The smallest absolute Gasteiger partial charge is 0.377 e. The van der Waals surface area contributed by atoms with Crippen LogP contribution in [-0.4, -0.2) is 18.8 Å². The quantitative estimate of drug-likeness (QED) is 0.829. The summed E-state index contributed by atoms with van der Waals surface area (Å²) in [4.78, 5) is 0. The van der Waals surface area contributed by atoms with E-state index in [9.17, 15) is 13.2 Å². The maximum atomic E-state index is 12.6. The summed E-state index contributed by atoms with van der Waals surface area (Å²) in [5.74, 6) is 0. The fourth-order valence-corrected chi connectivity index (χ4v) is 2.20. The average molecular weight is 289 g/mol. The van der Waals surface area contributed by atoms with E-state index in [4.69, 9.17) is 10.5 Å². The molecular weight excluding hydrogens is 267 g/mol. The van der Waals surface area contributed by atoms with Gasteiger partial charge >= 0.3 is 6.18 Å². The maximum Gasteiger partial charge on any atom is 0.416 e. The largest absolute Gasteiger partial charge is 0.416 e. The van der Waals surface area contributed by atoms with Gasteiger partial charge in [0, 0.05) is 12.6 Å². The van der Waals surface area contributed by atoms with Gasteiger partial charge in [-0.1, -0.05) is 31.5 Å². The molecule has 0 radical (unpaired) electrons. The third-order valence-electron chi connectivity index (χ3n) is 3.16. The van der Waals surface area contributed by atoms with Crippen molar-refractivity contribution in [3.8, 4) is 0 Å². The second-order valence-electron chi connectivity index (χ2n) is 4.85. The minimum absolute atomic E-state index is 0.112. The highest BCUT2D eigenvalue weighted by Gasteiger charge is 2.30. The SMILES string of the molecule is CCCC(OCC)C(N)Cc1cccc(C(F)(F)F)c1. The van der Waals surface area contributed by atoms with E-state index in [1.165, 1.54) is 6.07 Å². The second kappa shape index (κ2) is 7.64. The molecule has 114 valence electrons. The highest BCUT2D eigenvalue weighted by molar-refractivity contribution is 5.26. The normalized spacial score (nSPS) is 15.1. The summed E-state index contributed by atoms with van der Waals surface area (Å²) in [7, 11) is 0. The van der Waals surface area contributed by atoms with Crippen LogP contribution >= 0.6 is 0 Å². The van der Waals surface area contributed by atoms with Gasteiger partial charge in [0.2, 0.25) is 0 Å². The predicted octanol–water partition coefficient (Wildman–Crippen LogP) is 3.78. The van der Waals surface area contributed by atoms with E-state index in [2.05, 4.69) is 0 Å². The van der Waals surface area contributed by atoms with Gasteiger partial charge < -0.3 is 10.5 Å². The van der Waals surface area contributed by atoms with Crippen molar-refractivity contribution in [2.45, 2.75) is 51.4 Å². The van der Waals surface area contributed by atoms with Gasteiger partial charge in [-0.05, 0) is 31.4 Å². The highest BCUT2D eigenvalue weighted by atomic mass is 19.4. The molecule has 20 heavy (non-hydrogen) atoms. The van der Waals surface area contributed by atoms with Crippen LogP contribution in [0.25, 0.3) is 0 Å². The van der Waals surface area contributed by atoms with Crippen molar-refractivity contribution in [2.75, 3.05) is 6.61 Å². The molecule has 2 N–H and O–H groups in total. The van der Waals surface area contributed by atoms with Crippen molar-refractivity contribution in [1.82, 2.24) is 0 Å². The molecular formula is C15H22F3NO. The first-order chi connectivity index (χ1) is 9.38. The lowest BCUT2D eigenvalue weighted by Gasteiger charge is -2.23. The van der Waals surface area contributed by atoms with E-state index in [-0.39, 0.29) is 12.1 Å². The van der Waals surface area contributed by atoms with Crippen molar-refractivity contribution in [2.24, 2.45) is 5.73 Å². The average Bonchev–Trinajstić information content (AvgIpc) is 2.38. The summed E-state index contributed by atoms with van der Waals surface area (Å²) in [5, 5.41) is 0. The van der Waals surface area contributed by atoms with Crippen molar-refractivity contribution < 1.29 is 17.9 Å². The molecule has 0 aromatic heterocycles. The van der Waals surface area contributed by atoms with E-state index in [1.807, 2.05) is 13.8 Å². The van der Waals surface area contributed by atoms with Crippen LogP contribution in [0.15, 0.2) is 24.3 Å². The van der Waals surface area contributed by atoms with Gasteiger partial charge in [0.05, 0.1) is 11.7 Å². The molecule has 5 heteroatoms. The lowest BCUT2D eigenvalue weighted by Crippen LogP contribution is -2.38. The standard InChI is InChI=1S/C15H22F3NO/c1-3-6-14(20-4-2)13(19)10-11-7-5-8-12(9-11)15(16,17)18/h5,7-9,13-14H,3-4,6,10,19H2,1-2H3. The summed E-state index contributed by atoms with van der Waals surface area (Å²) in [6.07, 6.45) is -2.30. The van der Waals surface area contributed by atoms with E-state index in [0.29, 0.717) is 18.6 Å². The minimum Gasteiger partial charge on any atom is -0.377 e. The molecule has 0 heterocycles. The maximum absolute atomic E-state index is 12.6. The lowest BCUT2D eigenvalue weighted by molar-refractivity contribution is -0.137. The van der Waals surface area contributed by atoms with Crippen LogP contribution < -0.4 is 5.73 Å². The molecule has 2 nitrogen and oxygen atoms in total. The Morgan fingerprint density at radius 3 is 2.50 bits per heavy atom. The molecule has 0 spiro atoms. The molecule has 0 saturated carbocycles. The van der Waals surface area contributed by atoms with Crippen molar-refractivity contribution in [3.63, 3.8) is 0 Å². The zero-order valence-corrected chi connectivity index (χ0v) is 11.9. The first-order valence-electron chi connectivity index (χ1n) is 6.91. The first-order valence-corrected chi connectivity index (χ1v) is 6.91. The number of rotatable bonds is 7. The third kappa shape index (κ3) is 5.13. The van der Waals surface area contributed by atoms with Gasteiger partial charge in [-0.3, -0.25) is 0 Å². The summed E-state index contributed by atoms with van der Waals surface area (Å²) in [6.45, 7) is 4.48. The van der Waals surface area contributed by atoms with Gasteiger partial charge in [0.1, 0.15) is 0 Å². The van der Waals surface area contributed by atoms with Crippen LogP contribution in [-0.2, 0) is 17.3 Å². The molecule has 0 saturated heterocycles. The van der Waals surface area contributed by atoms with Gasteiger partial charge in [-0.15, -0.1) is 0 Å². The number of hydrogen-bond acceptors (Lipinski definition) is 2. The molecule has 0 aliphatic carbocycles. The summed E-state index contributed by atoms with van der Waals surface area (Å²) in [6, 6.07) is 5.03. The Bertz CT molecular complexity index is 400. The summed E-state index contributed by atoms with van der Waals surface area (Å²) < 4.78 is 43.5. The molecule has 1 aromatic carbocycles. The molecule has 1 aromatic rings. The zero-order valence-electron chi connectivity index (χ0n) is 11.9. The Hall–Kier alpha value is -1.07. The molecule has 2 unspecified atom stereocenters. The van der Waals surface area contributed by atoms with E-state index in [1.54, 1.807) is 6.07 Å². The van der Waals surface area contributed by atoms with Crippen molar-refractivity contribution in [1.29, 1.82) is 0 Å². The van der Waals surface area contributed by atoms with Gasteiger partial charge in [0.25, 0.3) is 0 Å². The third-order valence-corrected chi connectivity index (χ3v) is 3.16. The number of alkyl halides is 3. The summed E-state index contributed by atoms with van der Waals surface area (Å²) >= 11 is 0. The van der Waals surface area contributed by atoms with Crippen LogP contribution in [0.5, 0.6) is 0 Å². The molecule has 1 rings (SSSR count). The summed E-state index contributed by atoms with van der Waals surface area (Å²) in [5.41, 5.74) is 6.03. The van der Waals surface area contributed by atoms with E-state index >= 15 is 0 Å². The Balaban J connectivity index is 2.76. The number of ether oxygens (including phenoxy) is 1. The van der Waals surface area contributed by atoms with E-state index in [0.717, 1.165) is 25.0 Å². The van der Waals surface area contributed by atoms with Gasteiger partial charge in [-0.2, -0.15) is 13.2 Å². The van der Waals surface area contributed by atoms with Crippen LogP contribution in [0.2, 0.25) is 0 Å². The Morgan fingerprint density at radius 1 is 1.25 bits per heavy atom. The van der Waals surface area contributed by atoms with E-state index < -0.39 is 11.7 Å². The Kier molecular flexibility index (Phi) is 6.49. The first kappa shape index (κ1) is 17.0. The molecule has 0 bridgehead atoms. The lowest BCUT2D eigenvalue weighted by atomic mass is 9.98. The second-order valence-corrected chi connectivity index (χ2v) is 4.85. The highest BCUT2D eigenvalue weighted by Crippen LogP contribution is 2.29. The molecule has 0 aliphatic rings. The minimum atomic E-state index is -4.32. The number of benzene rings is 1. The van der Waals surface area contributed by atoms with Crippen LogP contribution in [0.1, 0.15) is 37.8 Å². The van der Waals surface area contributed by atoms with Crippen LogP contribution in [0.4, 0.5) is 13.2 Å². The Labute approximate surface area is 118 Å². The number of halogens is 3. The topological polar surface area (TPSA) is 35.2 Å². The van der Waals surface area contributed by atoms with Crippen molar-refractivity contribution in [3.05, 3.63) is 35.4 Å². The molecule has 0 aliphatic heterocycles. The molecule has 0 fully saturated rings. The fourth-order valence-electron chi connectivity index (χ4n) is 2.20. The number of nitrogens with two attached hydrogens (primary N) is 1. The monoisotopic (exact) mass is 289 g/mol. The van der Waals surface area contributed by atoms with Gasteiger partial charge in [0.15, 0.2) is 0 Å². The number of hydrogen-bond donors (Lipinski definition) is 1. The molecule has 0 amide bonds. The van der Waals surface area contributed by atoms with Gasteiger partial charge in [-0.25, -0.2) is 0 Å². The fraction of sp³-hybridized carbons (Fsp3) is 0.600. The Morgan fingerprint density at radius 2 is 1.95 bits per heavy atom. The van der Waals surface area contributed by atoms with Crippen molar-refractivity contribution >= 4 is 0 Å².